The van der Waals surface area contributed by atoms with E-state index in [1.165, 1.54) is 6.07 Å². The molecule has 7 nitrogen and oxygen atoms in total. The van der Waals surface area contributed by atoms with E-state index >= 15 is 0 Å². The number of aromatic nitrogens is 5. The van der Waals surface area contributed by atoms with Crippen molar-refractivity contribution in [2.45, 2.75) is 39.5 Å². The van der Waals surface area contributed by atoms with Crippen LogP contribution in [0.5, 0.6) is 0 Å². The Labute approximate surface area is 161 Å². The third-order valence-corrected chi connectivity index (χ3v) is 4.90. The van der Waals surface area contributed by atoms with Gasteiger partial charge in [-0.1, -0.05) is 22.9 Å². The average Bonchev–Trinajstić information content (AvgIpc) is 2.99. The number of nitrogens with zero attached hydrogens (tertiary/aromatic N) is 6. The molecule has 9 heteroatoms. The van der Waals surface area contributed by atoms with Crippen molar-refractivity contribution < 1.29 is 9.13 Å². The monoisotopic (exact) mass is 390 g/mol. The van der Waals surface area contributed by atoms with E-state index in [0.717, 1.165) is 5.82 Å². The summed E-state index contributed by atoms with van der Waals surface area (Å²) in [5.74, 6) is 0.950. The molecular weight excluding hydrogens is 371 g/mol. The highest BCUT2D eigenvalue weighted by molar-refractivity contribution is 6.31. The Morgan fingerprint density at radius 1 is 1.22 bits per heavy atom. The van der Waals surface area contributed by atoms with Crippen molar-refractivity contribution >= 4 is 28.6 Å². The fourth-order valence-electron chi connectivity index (χ4n) is 3.46. The molecule has 0 amide bonds. The zero-order valence-corrected chi connectivity index (χ0v) is 16.1. The van der Waals surface area contributed by atoms with Gasteiger partial charge < -0.3 is 9.64 Å². The fraction of sp³-hybridized carbons (Fsp3) is 0.444. The van der Waals surface area contributed by atoms with E-state index < -0.39 is 0 Å². The molecular formula is C18H20ClFN6O. The van der Waals surface area contributed by atoms with Crippen LogP contribution in [0.25, 0.3) is 11.2 Å². The highest BCUT2D eigenvalue weighted by atomic mass is 35.5. The van der Waals surface area contributed by atoms with Gasteiger partial charge in [-0.25, -0.2) is 19.0 Å². The predicted molar refractivity (Wildman–Crippen MR) is 101 cm³/mol. The first-order valence-electron chi connectivity index (χ1n) is 8.83. The number of anilines is 1. The topological polar surface area (TPSA) is 69.0 Å². The van der Waals surface area contributed by atoms with Crippen LogP contribution in [-0.2, 0) is 11.3 Å². The van der Waals surface area contributed by atoms with Crippen LogP contribution in [0.2, 0.25) is 5.02 Å². The van der Waals surface area contributed by atoms with Crippen LogP contribution in [-0.4, -0.2) is 50.3 Å². The molecule has 4 rings (SSSR count). The molecule has 0 bridgehead atoms. The van der Waals surface area contributed by atoms with Gasteiger partial charge in [-0.2, -0.15) is 0 Å². The van der Waals surface area contributed by atoms with E-state index in [2.05, 4.69) is 25.2 Å². The number of aryl methyl sites for hydroxylation is 1. The zero-order chi connectivity index (χ0) is 19.1. The first-order chi connectivity index (χ1) is 12.9. The molecule has 2 aromatic heterocycles. The fourth-order valence-corrected chi connectivity index (χ4v) is 3.68. The maximum Gasteiger partial charge on any atom is 0.184 e. The minimum absolute atomic E-state index is 0.0892. The van der Waals surface area contributed by atoms with Crippen LogP contribution < -0.4 is 4.90 Å². The summed E-state index contributed by atoms with van der Waals surface area (Å²) in [4.78, 5) is 11.2. The molecule has 3 heterocycles. The molecule has 142 valence electrons. The molecule has 1 fully saturated rings. The lowest BCUT2D eigenvalue weighted by atomic mass is 10.2. The summed E-state index contributed by atoms with van der Waals surface area (Å²) >= 11 is 6.16. The molecule has 0 unspecified atom stereocenters. The molecule has 0 N–H and O–H groups in total. The molecule has 27 heavy (non-hydrogen) atoms. The van der Waals surface area contributed by atoms with Gasteiger partial charge in [0.15, 0.2) is 17.0 Å². The van der Waals surface area contributed by atoms with E-state index in [1.54, 1.807) is 16.8 Å². The Morgan fingerprint density at radius 2 is 1.96 bits per heavy atom. The van der Waals surface area contributed by atoms with Crippen LogP contribution in [0, 0.1) is 12.7 Å². The number of halogens is 2. The molecule has 0 spiro atoms. The molecule has 3 aromatic rings. The van der Waals surface area contributed by atoms with E-state index in [1.807, 2.05) is 20.8 Å². The summed E-state index contributed by atoms with van der Waals surface area (Å²) in [6.45, 7) is 7.46. The molecule has 0 radical (unpaired) electrons. The van der Waals surface area contributed by atoms with Crippen molar-refractivity contribution in [3.05, 3.63) is 40.4 Å². The number of benzene rings is 1. The second kappa shape index (κ2) is 7.01. The number of ether oxygens (including phenoxy) is 1. The van der Waals surface area contributed by atoms with E-state index in [-0.39, 0.29) is 24.6 Å². The van der Waals surface area contributed by atoms with Gasteiger partial charge in [0.25, 0.3) is 0 Å². The van der Waals surface area contributed by atoms with Crippen LogP contribution in [0.15, 0.2) is 18.2 Å². The van der Waals surface area contributed by atoms with Gasteiger partial charge in [-0.15, -0.1) is 5.10 Å². The Bertz CT molecular complexity index is 963. The Hall–Kier alpha value is -2.32. The van der Waals surface area contributed by atoms with Crippen molar-refractivity contribution in [3.8, 4) is 0 Å². The Kier molecular flexibility index (Phi) is 4.69. The van der Waals surface area contributed by atoms with Gasteiger partial charge >= 0.3 is 0 Å². The largest absolute Gasteiger partial charge is 0.372 e. The highest BCUT2D eigenvalue weighted by Gasteiger charge is 2.27. The Morgan fingerprint density at radius 3 is 2.67 bits per heavy atom. The minimum Gasteiger partial charge on any atom is -0.372 e. The van der Waals surface area contributed by atoms with Gasteiger partial charge in [-0.3, -0.25) is 0 Å². The Balaban J connectivity index is 1.76. The van der Waals surface area contributed by atoms with Gasteiger partial charge in [-0.05, 0) is 32.9 Å². The average molecular weight is 391 g/mol. The molecule has 1 aromatic carbocycles. The van der Waals surface area contributed by atoms with Crippen LogP contribution in [0.4, 0.5) is 10.2 Å². The maximum atomic E-state index is 14.2. The van der Waals surface area contributed by atoms with Crippen molar-refractivity contribution in [2.24, 2.45) is 0 Å². The molecule has 1 aliphatic rings. The summed E-state index contributed by atoms with van der Waals surface area (Å²) in [6, 6.07) is 4.61. The van der Waals surface area contributed by atoms with Crippen LogP contribution in [0.3, 0.4) is 0 Å². The smallest absolute Gasteiger partial charge is 0.184 e. The summed E-state index contributed by atoms with van der Waals surface area (Å²) in [5, 5.41) is 8.82. The lowest BCUT2D eigenvalue weighted by Gasteiger charge is -2.36. The SMILES string of the molecule is Cc1nc(N2C[C@@H](C)O[C@H](C)C2)c2nnn(Cc3c(F)cccc3Cl)c2n1. The van der Waals surface area contributed by atoms with Gasteiger partial charge in [0.05, 0.1) is 18.8 Å². The number of hydrogen-bond donors (Lipinski definition) is 0. The lowest BCUT2D eigenvalue weighted by molar-refractivity contribution is -0.00539. The third kappa shape index (κ3) is 3.46. The number of morpholine rings is 1. The second-order valence-corrected chi connectivity index (χ2v) is 7.28. The summed E-state index contributed by atoms with van der Waals surface area (Å²) < 4.78 is 21.5. The number of hydrogen-bond acceptors (Lipinski definition) is 6. The standard InChI is InChI=1S/C18H20ClFN6O/c1-10-7-25(8-11(2)27-10)17-16-18(22-12(3)21-17)26(24-23-16)9-13-14(19)5-4-6-15(13)20/h4-6,10-11H,7-9H2,1-3H3/t10-,11-/m1/s1. The van der Waals surface area contributed by atoms with Crippen LogP contribution >= 0.6 is 11.6 Å². The predicted octanol–water partition coefficient (Wildman–Crippen LogP) is 2.98. The third-order valence-electron chi connectivity index (χ3n) is 4.54. The van der Waals surface area contributed by atoms with Crippen molar-refractivity contribution in [2.75, 3.05) is 18.0 Å². The molecule has 1 aliphatic heterocycles. The van der Waals surface area contributed by atoms with Crippen LogP contribution in [0.1, 0.15) is 25.2 Å². The van der Waals surface area contributed by atoms with Gasteiger partial charge in [0, 0.05) is 23.7 Å². The maximum absolute atomic E-state index is 14.2. The van der Waals surface area contributed by atoms with Gasteiger partial charge in [0.1, 0.15) is 11.6 Å². The highest BCUT2D eigenvalue weighted by Crippen LogP contribution is 2.26. The number of fused-ring (bicyclic) bond motifs is 1. The quantitative estimate of drug-likeness (QED) is 0.684. The summed E-state index contributed by atoms with van der Waals surface area (Å²) in [5.41, 5.74) is 1.51. The molecule has 0 aliphatic carbocycles. The summed E-state index contributed by atoms with van der Waals surface area (Å²) in [7, 11) is 0. The van der Waals surface area contributed by atoms with E-state index in [9.17, 15) is 4.39 Å². The van der Waals surface area contributed by atoms with E-state index in [0.29, 0.717) is 40.7 Å². The first kappa shape index (κ1) is 18.1. The summed E-state index contributed by atoms with van der Waals surface area (Å²) in [6.07, 6.45) is 0.178. The second-order valence-electron chi connectivity index (χ2n) is 6.88. The first-order valence-corrected chi connectivity index (χ1v) is 9.21. The molecule has 1 saturated heterocycles. The van der Waals surface area contributed by atoms with Crippen molar-refractivity contribution in [1.29, 1.82) is 0 Å². The zero-order valence-electron chi connectivity index (χ0n) is 15.4. The normalized spacial score (nSPS) is 20.4. The van der Waals surface area contributed by atoms with Crippen molar-refractivity contribution in [1.82, 2.24) is 25.0 Å². The lowest BCUT2D eigenvalue weighted by Crippen LogP contribution is -2.46. The molecule has 0 saturated carbocycles. The van der Waals surface area contributed by atoms with Gasteiger partial charge in [0.2, 0.25) is 0 Å². The minimum atomic E-state index is -0.381. The van der Waals surface area contributed by atoms with Crippen molar-refractivity contribution in [3.63, 3.8) is 0 Å². The number of rotatable bonds is 3. The molecule has 2 atom stereocenters. The van der Waals surface area contributed by atoms with E-state index in [4.69, 9.17) is 16.3 Å².